The molecule has 1 N–H and O–H groups in total. The van der Waals surface area contributed by atoms with Gasteiger partial charge in [-0.1, -0.05) is 11.6 Å². The lowest BCUT2D eigenvalue weighted by Gasteiger charge is -2.37. The average molecular weight is 224 g/mol. The van der Waals surface area contributed by atoms with Crippen molar-refractivity contribution in [2.24, 2.45) is 0 Å². The Labute approximate surface area is 96.2 Å². The van der Waals surface area contributed by atoms with E-state index in [9.17, 15) is 0 Å². The zero-order valence-corrected chi connectivity index (χ0v) is 9.85. The third-order valence-corrected chi connectivity index (χ3v) is 3.24. The van der Waals surface area contributed by atoms with Crippen LogP contribution in [0.4, 0.5) is 0 Å². The van der Waals surface area contributed by atoms with Gasteiger partial charge >= 0.3 is 0 Å². The zero-order valence-electron chi connectivity index (χ0n) is 9.85. The monoisotopic (exact) mass is 224 g/mol. The van der Waals surface area contributed by atoms with Crippen LogP contribution in [-0.4, -0.2) is 34.4 Å². The van der Waals surface area contributed by atoms with Crippen LogP contribution in [0.3, 0.4) is 0 Å². The normalized spacial score (nSPS) is 16.7. The fourth-order valence-electron chi connectivity index (χ4n) is 2.12. The molecule has 0 atom stereocenters. The molecule has 90 valence electrons. The summed E-state index contributed by atoms with van der Waals surface area (Å²) in [7, 11) is 0. The van der Waals surface area contributed by atoms with Crippen molar-refractivity contribution in [1.29, 1.82) is 0 Å². The van der Waals surface area contributed by atoms with E-state index in [0.29, 0.717) is 6.04 Å². The van der Waals surface area contributed by atoms with Gasteiger partial charge in [-0.2, -0.15) is 0 Å². The average Bonchev–Trinajstić information content (AvgIpc) is 2.58. The van der Waals surface area contributed by atoms with E-state index in [2.05, 4.69) is 10.1 Å². The van der Waals surface area contributed by atoms with E-state index >= 15 is 0 Å². The van der Waals surface area contributed by atoms with E-state index in [1.165, 1.54) is 19.3 Å². The standard InChI is InChI=1S/C12H20N2O2/c1-10-8-11(13-16-10)9-14(6-3-7-15)12-4-2-5-12/h8,12,15H,2-7,9H2,1H3. The molecule has 0 aromatic carbocycles. The van der Waals surface area contributed by atoms with Crippen LogP contribution in [0.1, 0.15) is 37.1 Å². The van der Waals surface area contributed by atoms with Crippen LogP contribution in [0.25, 0.3) is 0 Å². The van der Waals surface area contributed by atoms with Crippen LogP contribution in [-0.2, 0) is 6.54 Å². The Balaban J connectivity index is 1.90. The highest BCUT2D eigenvalue weighted by Crippen LogP contribution is 2.26. The lowest BCUT2D eigenvalue weighted by atomic mass is 9.91. The molecule has 4 nitrogen and oxygen atoms in total. The van der Waals surface area contributed by atoms with Crippen LogP contribution in [0.2, 0.25) is 0 Å². The Morgan fingerprint density at radius 3 is 2.88 bits per heavy atom. The van der Waals surface area contributed by atoms with Crippen LogP contribution < -0.4 is 0 Å². The van der Waals surface area contributed by atoms with Gasteiger partial charge in [0, 0.05) is 31.8 Å². The van der Waals surface area contributed by atoms with Gasteiger partial charge in [-0.25, -0.2) is 0 Å². The van der Waals surface area contributed by atoms with Gasteiger partial charge in [0.1, 0.15) is 5.76 Å². The maximum Gasteiger partial charge on any atom is 0.133 e. The van der Waals surface area contributed by atoms with Crippen LogP contribution in [0.5, 0.6) is 0 Å². The van der Waals surface area contributed by atoms with E-state index < -0.39 is 0 Å². The Bertz CT molecular complexity index is 321. The first-order chi connectivity index (χ1) is 7.79. The van der Waals surface area contributed by atoms with Gasteiger partial charge < -0.3 is 9.63 Å². The molecular weight excluding hydrogens is 204 g/mol. The number of aryl methyl sites for hydroxylation is 1. The van der Waals surface area contributed by atoms with Crippen molar-refractivity contribution in [3.63, 3.8) is 0 Å². The lowest BCUT2D eigenvalue weighted by Crippen LogP contribution is -2.40. The second-order valence-electron chi connectivity index (χ2n) is 4.56. The Morgan fingerprint density at radius 1 is 1.56 bits per heavy atom. The summed E-state index contributed by atoms with van der Waals surface area (Å²) in [5.41, 5.74) is 1.00. The minimum absolute atomic E-state index is 0.265. The molecule has 1 aliphatic carbocycles. The number of aliphatic hydroxyl groups excluding tert-OH is 1. The van der Waals surface area contributed by atoms with Crippen molar-refractivity contribution < 1.29 is 9.63 Å². The molecule has 1 aliphatic rings. The maximum atomic E-state index is 8.90. The van der Waals surface area contributed by atoms with Gasteiger partial charge in [0.25, 0.3) is 0 Å². The molecule has 0 saturated heterocycles. The number of hydrogen-bond acceptors (Lipinski definition) is 4. The molecule has 0 radical (unpaired) electrons. The second-order valence-corrected chi connectivity index (χ2v) is 4.56. The van der Waals surface area contributed by atoms with Gasteiger partial charge in [0.2, 0.25) is 0 Å². The minimum Gasteiger partial charge on any atom is -0.396 e. The smallest absolute Gasteiger partial charge is 0.133 e. The molecule has 1 aromatic rings. The molecule has 0 amide bonds. The molecule has 1 fully saturated rings. The Morgan fingerprint density at radius 2 is 2.38 bits per heavy atom. The first-order valence-electron chi connectivity index (χ1n) is 6.06. The van der Waals surface area contributed by atoms with E-state index in [1.54, 1.807) is 0 Å². The third kappa shape index (κ3) is 2.83. The summed E-state index contributed by atoms with van der Waals surface area (Å²) in [6.45, 7) is 3.98. The predicted octanol–water partition coefficient (Wildman–Crippen LogP) is 1.72. The molecule has 4 heteroatoms. The molecular formula is C12H20N2O2. The van der Waals surface area contributed by atoms with Gasteiger partial charge in [0.05, 0.1) is 5.69 Å². The van der Waals surface area contributed by atoms with Crippen molar-refractivity contribution in [2.45, 2.75) is 45.2 Å². The highest BCUT2D eigenvalue weighted by molar-refractivity contribution is 5.03. The van der Waals surface area contributed by atoms with Crippen molar-refractivity contribution in [3.05, 3.63) is 17.5 Å². The van der Waals surface area contributed by atoms with E-state index in [1.807, 2.05) is 13.0 Å². The van der Waals surface area contributed by atoms with Gasteiger partial charge in [-0.3, -0.25) is 4.90 Å². The summed E-state index contributed by atoms with van der Waals surface area (Å²) < 4.78 is 5.08. The molecule has 0 spiro atoms. The molecule has 0 unspecified atom stereocenters. The fraction of sp³-hybridized carbons (Fsp3) is 0.750. The number of hydrogen-bond donors (Lipinski definition) is 1. The Kier molecular flexibility index (Phi) is 3.96. The van der Waals surface area contributed by atoms with Crippen molar-refractivity contribution in [2.75, 3.05) is 13.2 Å². The van der Waals surface area contributed by atoms with Crippen LogP contribution in [0.15, 0.2) is 10.6 Å². The van der Waals surface area contributed by atoms with Gasteiger partial charge in [-0.05, 0) is 26.2 Å². The Hall–Kier alpha value is -0.870. The lowest BCUT2D eigenvalue weighted by molar-refractivity contribution is 0.107. The largest absolute Gasteiger partial charge is 0.396 e. The number of nitrogens with zero attached hydrogens (tertiary/aromatic N) is 2. The molecule has 0 aliphatic heterocycles. The molecule has 16 heavy (non-hydrogen) atoms. The first-order valence-corrected chi connectivity index (χ1v) is 6.06. The highest BCUT2D eigenvalue weighted by Gasteiger charge is 2.25. The molecule has 2 rings (SSSR count). The van der Waals surface area contributed by atoms with E-state index in [0.717, 1.165) is 31.0 Å². The van der Waals surface area contributed by atoms with E-state index in [-0.39, 0.29) is 6.61 Å². The van der Waals surface area contributed by atoms with Gasteiger partial charge in [0.15, 0.2) is 0 Å². The number of aromatic nitrogens is 1. The summed E-state index contributed by atoms with van der Waals surface area (Å²) in [6, 6.07) is 2.67. The van der Waals surface area contributed by atoms with Crippen LogP contribution >= 0.6 is 0 Å². The third-order valence-electron chi connectivity index (χ3n) is 3.24. The highest BCUT2D eigenvalue weighted by atomic mass is 16.5. The summed E-state index contributed by atoms with van der Waals surface area (Å²) in [6.07, 6.45) is 4.73. The number of aliphatic hydroxyl groups is 1. The van der Waals surface area contributed by atoms with Crippen LogP contribution in [0, 0.1) is 6.92 Å². The summed E-state index contributed by atoms with van der Waals surface area (Å²) in [5.74, 6) is 0.866. The zero-order chi connectivity index (χ0) is 11.4. The SMILES string of the molecule is Cc1cc(CN(CCCO)C2CCC2)no1. The summed E-state index contributed by atoms with van der Waals surface area (Å²) in [4.78, 5) is 2.41. The quantitative estimate of drug-likeness (QED) is 0.799. The van der Waals surface area contributed by atoms with E-state index in [4.69, 9.17) is 9.63 Å². The topological polar surface area (TPSA) is 49.5 Å². The van der Waals surface area contributed by atoms with Gasteiger partial charge in [-0.15, -0.1) is 0 Å². The molecule has 1 saturated carbocycles. The number of rotatable bonds is 6. The molecule has 1 heterocycles. The summed E-state index contributed by atoms with van der Waals surface area (Å²) in [5, 5.41) is 12.9. The second kappa shape index (κ2) is 5.46. The predicted molar refractivity (Wildman–Crippen MR) is 61.0 cm³/mol. The maximum absolute atomic E-state index is 8.90. The minimum atomic E-state index is 0.265. The molecule has 1 aromatic heterocycles. The molecule has 0 bridgehead atoms. The fourth-order valence-corrected chi connectivity index (χ4v) is 2.12. The van der Waals surface area contributed by atoms with Crippen molar-refractivity contribution >= 4 is 0 Å². The van der Waals surface area contributed by atoms with Crippen molar-refractivity contribution in [1.82, 2.24) is 10.1 Å². The van der Waals surface area contributed by atoms with Crippen molar-refractivity contribution in [3.8, 4) is 0 Å². The summed E-state index contributed by atoms with van der Waals surface area (Å²) >= 11 is 0. The first kappa shape index (κ1) is 11.6.